The Labute approximate surface area is 287 Å². The minimum absolute atomic E-state index is 0.0121. The van der Waals surface area contributed by atoms with Gasteiger partial charge in [0.05, 0.1) is 5.56 Å². The van der Waals surface area contributed by atoms with Gasteiger partial charge in [-0.25, -0.2) is 15.0 Å². The van der Waals surface area contributed by atoms with Crippen molar-refractivity contribution in [2.24, 2.45) is 0 Å². The number of aromatic hydroxyl groups is 1. The highest BCUT2D eigenvalue weighted by molar-refractivity contribution is 5.70. The van der Waals surface area contributed by atoms with Crippen LogP contribution in [-0.4, -0.2) is 39.2 Å². The first-order valence-corrected chi connectivity index (χ1v) is 18.1. The summed E-state index contributed by atoms with van der Waals surface area (Å²) >= 11 is 0. The van der Waals surface area contributed by atoms with Crippen molar-refractivity contribution >= 4 is 5.97 Å². The van der Waals surface area contributed by atoms with Crippen molar-refractivity contribution in [3.05, 3.63) is 78.9 Å². The van der Waals surface area contributed by atoms with Gasteiger partial charge in [0.1, 0.15) is 24.7 Å². The van der Waals surface area contributed by atoms with Gasteiger partial charge in [0.25, 0.3) is 0 Å². The fraction of sp³-hybridized carbons (Fsp3) is 0.463. The molecule has 0 spiro atoms. The van der Waals surface area contributed by atoms with E-state index in [-0.39, 0.29) is 24.9 Å². The van der Waals surface area contributed by atoms with E-state index in [9.17, 15) is 9.90 Å². The molecule has 3 aromatic carbocycles. The zero-order valence-corrected chi connectivity index (χ0v) is 28.7. The highest BCUT2D eigenvalue weighted by Gasteiger charge is 2.15. The van der Waals surface area contributed by atoms with E-state index in [0.29, 0.717) is 35.2 Å². The van der Waals surface area contributed by atoms with Gasteiger partial charge in [-0.05, 0) is 18.6 Å². The molecule has 0 radical (unpaired) electrons. The molecule has 256 valence electrons. The monoisotopic (exact) mass is 651 g/mol. The number of ether oxygens (including phenoxy) is 2. The van der Waals surface area contributed by atoms with Gasteiger partial charge in [-0.1, -0.05) is 157 Å². The summed E-state index contributed by atoms with van der Waals surface area (Å²) in [5, 5.41) is 10.9. The molecular formula is C41H53N3O4. The molecule has 0 saturated heterocycles. The maximum Gasteiger partial charge on any atom is 0.305 e. The van der Waals surface area contributed by atoms with Gasteiger partial charge in [0, 0.05) is 23.6 Å². The maximum absolute atomic E-state index is 12.2. The van der Waals surface area contributed by atoms with Gasteiger partial charge in [-0.3, -0.25) is 4.79 Å². The van der Waals surface area contributed by atoms with Crippen LogP contribution >= 0.6 is 0 Å². The molecule has 0 saturated carbocycles. The second-order valence-corrected chi connectivity index (χ2v) is 12.5. The van der Waals surface area contributed by atoms with E-state index in [1.165, 1.54) is 89.5 Å². The predicted molar refractivity (Wildman–Crippen MR) is 194 cm³/mol. The van der Waals surface area contributed by atoms with Crippen LogP contribution in [0.3, 0.4) is 0 Å². The average molecular weight is 652 g/mol. The molecular weight excluding hydrogens is 598 g/mol. The number of carbonyl (C=O) groups is 1. The van der Waals surface area contributed by atoms with Crippen LogP contribution in [0.25, 0.3) is 34.2 Å². The van der Waals surface area contributed by atoms with Crippen LogP contribution in [0, 0.1) is 0 Å². The van der Waals surface area contributed by atoms with Gasteiger partial charge in [-0.15, -0.1) is 0 Å². The van der Waals surface area contributed by atoms with Gasteiger partial charge in [0.2, 0.25) is 0 Å². The average Bonchev–Trinajstić information content (AvgIpc) is 3.12. The molecule has 0 amide bonds. The van der Waals surface area contributed by atoms with Gasteiger partial charge < -0.3 is 14.6 Å². The Morgan fingerprint density at radius 3 is 1.56 bits per heavy atom. The van der Waals surface area contributed by atoms with Crippen molar-refractivity contribution in [2.75, 3.05) is 13.2 Å². The minimum atomic E-state index is -0.190. The number of esters is 1. The predicted octanol–water partition coefficient (Wildman–Crippen LogP) is 10.8. The topological polar surface area (TPSA) is 94.4 Å². The van der Waals surface area contributed by atoms with Crippen molar-refractivity contribution in [3.63, 3.8) is 0 Å². The molecule has 0 aliphatic carbocycles. The molecule has 0 aliphatic rings. The lowest BCUT2D eigenvalue weighted by Gasteiger charge is -2.11. The van der Waals surface area contributed by atoms with Crippen molar-refractivity contribution in [3.8, 4) is 45.7 Å². The first-order valence-electron chi connectivity index (χ1n) is 18.1. The lowest BCUT2D eigenvalue weighted by Crippen LogP contribution is -2.12. The second-order valence-electron chi connectivity index (χ2n) is 12.5. The summed E-state index contributed by atoms with van der Waals surface area (Å²) in [6, 6.07) is 24.4. The number of hydrogen-bond donors (Lipinski definition) is 1. The lowest BCUT2D eigenvalue weighted by atomic mass is 10.0. The summed E-state index contributed by atoms with van der Waals surface area (Å²) < 4.78 is 11.1. The molecule has 1 N–H and O–H groups in total. The van der Waals surface area contributed by atoms with E-state index >= 15 is 0 Å². The number of carbonyl (C=O) groups excluding carboxylic acids is 1. The van der Waals surface area contributed by atoms with Crippen LogP contribution in [-0.2, 0) is 9.53 Å². The number of phenols is 1. The molecule has 1 aromatic heterocycles. The zero-order chi connectivity index (χ0) is 33.7. The minimum Gasteiger partial charge on any atom is -0.507 e. The Hall–Kier alpha value is -4.26. The standard InChI is InChI=1S/C41H53N3O4/c1-2-3-4-5-6-7-8-9-10-11-12-13-14-15-22-27-38(46)48-31-30-47-35-28-29-36(37(45)32-35)41-43-39(33-23-18-16-19-24-33)42-40(44-41)34-25-20-17-21-26-34/h16-21,23-26,28-29,32,45H,2-15,22,27,30-31H2,1H3. The van der Waals surface area contributed by atoms with Crippen LogP contribution in [0.2, 0.25) is 0 Å². The van der Waals surface area contributed by atoms with E-state index in [2.05, 4.69) is 16.9 Å². The van der Waals surface area contributed by atoms with Crippen LogP contribution in [0.15, 0.2) is 78.9 Å². The number of aromatic nitrogens is 3. The quantitative estimate of drug-likeness (QED) is 0.0630. The number of rotatable bonds is 23. The van der Waals surface area contributed by atoms with Gasteiger partial charge in [0.15, 0.2) is 17.5 Å². The van der Waals surface area contributed by atoms with E-state index in [0.717, 1.165) is 24.0 Å². The van der Waals surface area contributed by atoms with Crippen molar-refractivity contribution in [2.45, 2.75) is 110 Å². The highest BCUT2D eigenvalue weighted by Crippen LogP contribution is 2.32. The van der Waals surface area contributed by atoms with E-state index in [1.807, 2.05) is 60.7 Å². The Morgan fingerprint density at radius 1 is 0.583 bits per heavy atom. The summed E-state index contributed by atoms with van der Waals surface area (Å²) in [5.41, 5.74) is 2.17. The first kappa shape index (κ1) is 36.6. The van der Waals surface area contributed by atoms with Crippen LogP contribution in [0.4, 0.5) is 0 Å². The third kappa shape index (κ3) is 13.1. The Kier molecular flexibility index (Phi) is 16.4. The Morgan fingerprint density at radius 2 is 1.06 bits per heavy atom. The van der Waals surface area contributed by atoms with Crippen LogP contribution in [0.1, 0.15) is 110 Å². The molecule has 48 heavy (non-hydrogen) atoms. The zero-order valence-electron chi connectivity index (χ0n) is 28.7. The Bertz CT molecular complexity index is 1420. The summed E-state index contributed by atoms with van der Waals surface area (Å²) in [5.74, 6) is 1.66. The van der Waals surface area contributed by atoms with Crippen molar-refractivity contribution in [1.29, 1.82) is 0 Å². The summed E-state index contributed by atoms with van der Waals surface area (Å²) in [6.45, 7) is 2.63. The molecule has 1 heterocycles. The number of unbranched alkanes of at least 4 members (excludes halogenated alkanes) is 14. The van der Waals surface area contributed by atoms with Crippen LogP contribution < -0.4 is 4.74 Å². The molecule has 4 rings (SSSR count). The number of phenolic OH excluding ortho intramolecular Hbond substituents is 1. The SMILES string of the molecule is CCCCCCCCCCCCCCCCCC(=O)OCCOc1ccc(-c2nc(-c3ccccc3)nc(-c3ccccc3)n2)c(O)c1. The van der Waals surface area contributed by atoms with Crippen LogP contribution in [0.5, 0.6) is 11.5 Å². The molecule has 7 nitrogen and oxygen atoms in total. The smallest absolute Gasteiger partial charge is 0.305 e. The molecule has 0 fully saturated rings. The first-order chi connectivity index (χ1) is 23.6. The highest BCUT2D eigenvalue weighted by atomic mass is 16.6. The second kappa shape index (κ2) is 21.6. The molecule has 7 heteroatoms. The van der Waals surface area contributed by atoms with Crippen molar-refractivity contribution < 1.29 is 19.4 Å². The molecule has 0 aliphatic heterocycles. The van der Waals surface area contributed by atoms with Crippen molar-refractivity contribution in [1.82, 2.24) is 15.0 Å². The third-order valence-electron chi connectivity index (χ3n) is 8.51. The molecule has 0 unspecified atom stereocenters. The number of hydrogen-bond acceptors (Lipinski definition) is 7. The molecule has 0 atom stereocenters. The third-order valence-corrected chi connectivity index (χ3v) is 8.51. The van der Waals surface area contributed by atoms with E-state index < -0.39 is 0 Å². The van der Waals surface area contributed by atoms with Gasteiger partial charge in [-0.2, -0.15) is 0 Å². The largest absolute Gasteiger partial charge is 0.507 e. The maximum atomic E-state index is 12.2. The van der Waals surface area contributed by atoms with E-state index in [4.69, 9.17) is 14.5 Å². The number of benzene rings is 3. The summed E-state index contributed by atoms with van der Waals surface area (Å²) in [7, 11) is 0. The van der Waals surface area contributed by atoms with E-state index in [1.54, 1.807) is 12.1 Å². The normalized spacial score (nSPS) is 11.0. The molecule has 0 bridgehead atoms. The molecule has 4 aromatic rings. The lowest BCUT2D eigenvalue weighted by molar-refractivity contribution is -0.144. The fourth-order valence-corrected chi connectivity index (χ4v) is 5.75. The summed E-state index contributed by atoms with van der Waals surface area (Å²) in [4.78, 5) is 26.2. The summed E-state index contributed by atoms with van der Waals surface area (Å²) in [6.07, 6.45) is 19.9. The number of nitrogens with zero attached hydrogens (tertiary/aromatic N) is 3. The van der Waals surface area contributed by atoms with Gasteiger partial charge >= 0.3 is 5.97 Å². The fourth-order valence-electron chi connectivity index (χ4n) is 5.75. The Balaban J connectivity index is 1.12.